The fourth-order valence-corrected chi connectivity index (χ4v) is 4.40. The molecule has 0 amide bonds. The van der Waals surface area contributed by atoms with Gasteiger partial charge in [-0.3, -0.25) is 4.79 Å². The molecule has 4 rings (SSSR count). The van der Waals surface area contributed by atoms with Gasteiger partial charge in [0.1, 0.15) is 22.7 Å². The summed E-state index contributed by atoms with van der Waals surface area (Å²) in [6.07, 6.45) is -2.81. The van der Waals surface area contributed by atoms with E-state index in [2.05, 4.69) is 15.3 Å². The average Bonchev–Trinajstić information content (AvgIpc) is 3.44. The van der Waals surface area contributed by atoms with Crippen LogP contribution in [0.4, 0.5) is 19.0 Å². The van der Waals surface area contributed by atoms with E-state index in [0.29, 0.717) is 10.4 Å². The smallest absolute Gasteiger partial charge is 0.367 e. The molecule has 1 saturated carbocycles. The predicted octanol–water partition coefficient (Wildman–Crippen LogP) is 2.72. The van der Waals surface area contributed by atoms with Crippen molar-refractivity contribution in [2.45, 2.75) is 36.9 Å². The number of aryl methyl sites for hydroxylation is 1. The van der Waals surface area contributed by atoms with E-state index >= 15 is 0 Å². The number of rotatable bonds is 5. The van der Waals surface area contributed by atoms with E-state index in [0.717, 1.165) is 26.0 Å². The van der Waals surface area contributed by atoms with Gasteiger partial charge in [-0.15, -0.1) is 0 Å². The average molecular weight is 455 g/mol. The van der Waals surface area contributed by atoms with E-state index in [-0.39, 0.29) is 39.2 Å². The number of pyridine rings is 2. The molecule has 0 aliphatic heterocycles. The Bertz CT molecular complexity index is 1350. The van der Waals surface area contributed by atoms with Crippen molar-refractivity contribution in [3.63, 3.8) is 0 Å². The van der Waals surface area contributed by atoms with E-state index in [1.54, 1.807) is 6.07 Å². The Kier molecular flexibility index (Phi) is 4.87. The Balaban J connectivity index is 2.00. The van der Waals surface area contributed by atoms with Crippen molar-refractivity contribution in [3.8, 4) is 11.5 Å². The van der Waals surface area contributed by atoms with Gasteiger partial charge in [-0.1, -0.05) is 6.92 Å². The molecule has 3 heterocycles. The van der Waals surface area contributed by atoms with Crippen molar-refractivity contribution in [2.75, 3.05) is 11.1 Å². The SMILES string of the molecule is CCS(=O)(=O)c1ccc(NC2CC2)nc1-c1nc2cc(C(F)(F)F)n(C)c(=O)c2n1C. The van der Waals surface area contributed by atoms with Crippen molar-refractivity contribution in [2.24, 2.45) is 14.1 Å². The normalized spacial score (nSPS) is 14.9. The van der Waals surface area contributed by atoms with E-state index in [4.69, 9.17) is 0 Å². The van der Waals surface area contributed by atoms with E-state index < -0.39 is 27.3 Å². The summed E-state index contributed by atoms with van der Waals surface area (Å²) >= 11 is 0. The number of alkyl halides is 3. The largest absolute Gasteiger partial charge is 0.431 e. The highest BCUT2D eigenvalue weighted by Gasteiger charge is 2.35. The molecule has 1 aliphatic carbocycles. The van der Waals surface area contributed by atoms with Crippen LogP contribution in [0, 0.1) is 0 Å². The Morgan fingerprint density at radius 1 is 1.16 bits per heavy atom. The number of hydrogen-bond donors (Lipinski definition) is 1. The van der Waals surface area contributed by atoms with Gasteiger partial charge in [-0.05, 0) is 31.0 Å². The van der Waals surface area contributed by atoms with Gasteiger partial charge >= 0.3 is 6.18 Å². The van der Waals surface area contributed by atoms with Crippen LogP contribution in [0.2, 0.25) is 0 Å². The van der Waals surface area contributed by atoms with Crippen LogP contribution < -0.4 is 10.9 Å². The summed E-state index contributed by atoms with van der Waals surface area (Å²) in [4.78, 5) is 21.2. The summed E-state index contributed by atoms with van der Waals surface area (Å²) in [5.74, 6) is 0.238. The summed E-state index contributed by atoms with van der Waals surface area (Å²) < 4.78 is 67.1. The van der Waals surface area contributed by atoms with Gasteiger partial charge in [0.15, 0.2) is 15.7 Å². The molecule has 31 heavy (non-hydrogen) atoms. The lowest BCUT2D eigenvalue weighted by molar-refractivity contribution is -0.143. The molecule has 0 bridgehead atoms. The van der Waals surface area contributed by atoms with Crippen LogP contribution >= 0.6 is 0 Å². The molecule has 3 aromatic heterocycles. The lowest BCUT2D eigenvalue weighted by Gasteiger charge is -2.12. The molecular formula is C19H20F3N5O3S. The van der Waals surface area contributed by atoms with Crippen molar-refractivity contribution < 1.29 is 21.6 Å². The Labute approximate surface area is 175 Å². The quantitative estimate of drug-likeness (QED) is 0.635. The molecule has 1 N–H and O–H groups in total. The van der Waals surface area contributed by atoms with Gasteiger partial charge in [0.25, 0.3) is 5.56 Å². The summed E-state index contributed by atoms with van der Waals surface area (Å²) in [5, 5.41) is 3.17. The predicted molar refractivity (Wildman–Crippen MR) is 109 cm³/mol. The Morgan fingerprint density at radius 3 is 2.42 bits per heavy atom. The monoisotopic (exact) mass is 455 g/mol. The second-order valence-corrected chi connectivity index (χ2v) is 9.73. The molecule has 12 heteroatoms. The topological polar surface area (TPSA) is 98.9 Å². The van der Waals surface area contributed by atoms with Crippen molar-refractivity contribution in [1.82, 2.24) is 19.1 Å². The van der Waals surface area contributed by atoms with E-state index in [1.165, 1.54) is 24.6 Å². The first-order valence-corrected chi connectivity index (χ1v) is 11.2. The van der Waals surface area contributed by atoms with E-state index in [1.807, 2.05) is 0 Å². The lowest BCUT2D eigenvalue weighted by Crippen LogP contribution is -2.26. The number of imidazole rings is 1. The van der Waals surface area contributed by atoms with Gasteiger partial charge < -0.3 is 14.5 Å². The molecule has 8 nitrogen and oxygen atoms in total. The molecule has 166 valence electrons. The highest BCUT2D eigenvalue weighted by molar-refractivity contribution is 7.91. The van der Waals surface area contributed by atoms with Crippen LogP contribution in [-0.2, 0) is 30.1 Å². The first kappa shape index (κ1) is 21.3. The second-order valence-electron chi connectivity index (χ2n) is 7.49. The number of fused-ring (bicyclic) bond motifs is 1. The zero-order chi connectivity index (χ0) is 22.7. The molecule has 1 fully saturated rings. The highest BCUT2D eigenvalue weighted by Crippen LogP contribution is 2.33. The van der Waals surface area contributed by atoms with Gasteiger partial charge in [0.05, 0.1) is 16.2 Å². The molecule has 0 aromatic carbocycles. The lowest BCUT2D eigenvalue weighted by atomic mass is 10.3. The van der Waals surface area contributed by atoms with Gasteiger partial charge in [0.2, 0.25) is 0 Å². The van der Waals surface area contributed by atoms with Gasteiger partial charge in [0, 0.05) is 20.1 Å². The third kappa shape index (κ3) is 3.68. The zero-order valence-electron chi connectivity index (χ0n) is 17.0. The number of sulfone groups is 1. The highest BCUT2D eigenvalue weighted by atomic mass is 32.2. The molecule has 0 radical (unpaired) electrons. The summed E-state index contributed by atoms with van der Waals surface area (Å²) in [6, 6.07) is 3.98. The minimum Gasteiger partial charge on any atom is -0.367 e. The maximum absolute atomic E-state index is 13.3. The van der Waals surface area contributed by atoms with Crippen LogP contribution in [0.25, 0.3) is 22.6 Å². The molecule has 0 unspecified atom stereocenters. The first-order valence-electron chi connectivity index (χ1n) is 9.58. The number of anilines is 1. The summed E-state index contributed by atoms with van der Waals surface area (Å²) in [5.41, 5.74) is -2.31. The zero-order valence-corrected chi connectivity index (χ0v) is 17.8. The molecule has 3 aromatic rings. The molecule has 0 saturated heterocycles. The number of aromatic nitrogens is 4. The molecule has 0 atom stereocenters. The standard InChI is InChI=1S/C19H20F3N5O3S/c1-4-31(29,30)12-7-8-14(23-10-5-6-10)25-15(12)17-24-11-9-13(19(20,21)22)26(2)18(28)16(11)27(17)3/h7-10H,4-6H2,1-3H3,(H,23,25). The number of hydrogen-bond acceptors (Lipinski definition) is 6. The fourth-order valence-electron chi connectivity index (χ4n) is 3.38. The van der Waals surface area contributed by atoms with Crippen molar-refractivity contribution >= 4 is 26.7 Å². The number of nitrogens with one attached hydrogen (secondary N) is 1. The maximum atomic E-state index is 13.3. The van der Waals surface area contributed by atoms with E-state index in [9.17, 15) is 26.4 Å². The fraction of sp³-hybridized carbons (Fsp3) is 0.421. The number of nitrogens with zero attached hydrogens (tertiary/aromatic N) is 4. The summed E-state index contributed by atoms with van der Waals surface area (Å²) in [6.45, 7) is 1.48. The third-order valence-electron chi connectivity index (χ3n) is 5.27. The van der Waals surface area contributed by atoms with Crippen LogP contribution in [0.3, 0.4) is 0 Å². The second kappa shape index (κ2) is 7.08. The van der Waals surface area contributed by atoms with Crippen LogP contribution in [0.15, 0.2) is 27.9 Å². The van der Waals surface area contributed by atoms with Crippen LogP contribution in [0.1, 0.15) is 25.5 Å². The first-order chi connectivity index (χ1) is 14.4. The number of halogens is 3. The van der Waals surface area contributed by atoms with Crippen molar-refractivity contribution in [3.05, 3.63) is 34.2 Å². The minimum absolute atomic E-state index is 0.00195. The van der Waals surface area contributed by atoms with Gasteiger partial charge in [-0.25, -0.2) is 18.4 Å². The molecule has 1 aliphatic rings. The Morgan fingerprint density at radius 2 is 1.84 bits per heavy atom. The van der Waals surface area contributed by atoms with Crippen LogP contribution in [-0.4, -0.2) is 39.3 Å². The maximum Gasteiger partial charge on any atom is 0.431 e. The van der Waals surface area contributed by atoms with Crippen molar-refractivity contribution in [1.29, 1.82) is 0 Å². The van der Waals surface area contributed by atoms with Gasteiger partial charge in [-0.2, -0.15) is 13.2 Å². The molecular weight excluding hydrogens is 435 g/mol. The van der Waals surface area contributed by atoms with Crippen LogP contribution in [0.5, 0.6) is 0 Å². The minimum atomic E-state index is -4.75. The Hall–Kier alpha value is -2.89. The third-order valence-corrected chi connectivity index (χ3v) is 7.03. The summed E-state index contributed by atoms with van der Waals surface area (Å²) in [7, 11) is -1.24. The molecule has 0 spiro atoms.